The number of unbranched alkanes of at least 4 members (excludes halogenated alkanes) is 3. The monoisotopic (exact) mass is 460 g/mol. The minimum atomic E-state index is -1.24. The van der Waals surface area contributed by atoms with Crippen molar-refractivity contribution in [3.05, 3.63) is 59.2 Å². The van der Waals surface area contributed by atoms with Crippen LogP contribution in [0.15, 0.2) is 30.3 Å². The molecule has 0 aromatic heterocycles. The summed E-state index contributed by atoms with van der Waals surface area (Å²) in [5, 5.41) is 0. The van der Waals surface area contributed by atoms with Crippen LogP contribution in [-0.2, 0) is 0 Å². The van der Waals surface area contributed by atoms with Crippen LogP contribution in [0.25, 0.3) is 16.7 Å². The number of halogens is 4. The number of rotatable bonds is 9. The van der Waals surface area contributed by atoms with Crippen molar-refractivity contribution in [2.24, 2.45) is 17.8 Å². The molecule has 1 saturated carbocycles. The van der Waals surface area contributed by atoms with E-state index in [1.54, 1.807) is 6.92 Å². The third kappa shape index (κ3) is 4.56. The minimum Gasteiger partial charge on any atom is -0.491 e. The van der Waals surface area contributed by atoms with Gasteiger partial charge in [-0.2, -0.15) is 4.39 Å². The van der Waals surface area contributed by atoms with Gasteiger partial charge in [-0.15, -0.1) is 0 Å². The molecule has 5 heteroatoms. The molecule has 3 unspecified atom stereocenters. The zero-order valence-corrected chi connectivity index (χ0v) is 19.4. The molecule has 0 saturated heterocycles. The van der Waals surface area contributed by atoms with Gasteiger partial charge in [0.1, 0.15) is 0 Å². The number of ether oxygens (including phenoxy) is 1. The van der Waals surface area contributed by atoms with Crippen molar-refractivity contribution in [3.63, 3.8) is 0 Å². The normalized spacial score (nSPS) is 21.9. The molecule has 0 aliphatic heterocycles. The Bertz CT molecular complexity index is 1030. The average Bonchev–Trinajstić information content (AvgIpc) is 3.40. The molecule has 178 valence electrons. The summed E-state index contributed by atoms with van der Waals surface area (Å²) in [6, 6.07) is 5.35. The molecule has 2 aliphatic rings. The number of hydrogen-bond donors (Lipinski definition) is 0. The zero-order chi connectivity index (χ0) is 23.5. The summed E-state index contributed by atoms with van der Waals surface area (Å²) in [6.45, 7) is 4.03. The van der Waals surface area contributed by atoms with Gasteiger partial charge in [-0.1, -0.05) is 57.2 Å². The van der Waals surface area contributed by atoms with Crippen LogP contribution < -0.4 is 4.74 Å². The van der Waals surface area contributed by atoms with Crippen molar-refractivity contribution in [1.82, 2.24) is 0 Å². The second-order valence-electron chi connectivity index (χ2n) is 9.31. The Labute approximate surface area is 193 Å². The maximum Gasteiger partial charge on any atom is 0.201 e. The van der Waals surface area contributed by atoms with Crippen LogP contribution in [0.5, 0.6) is 5.75 Å². The summed E-state index contributed by atoms with van der Waals surface area (Å²) in [6.07, 6.45) is 11.3. The highest BCUT2D eigenvalue weighted by atomic mass is 19.2. The first kappa shape index (κ1) is 23.8. The lowest BCUT2D eigenvalue weighted by molar-refractivity contribution is 0.314. The number of benzene rings is 2. The SMILES string of the molecule is CCCCCCC1CCC2C(c3ccc(-c4ccc(OCC)c(F)c4F)c(F)c3F)=CCC12. The maximum absolute atomic E-state index is 15.2. The van der Waals surface area contributed by atoms with Gasteiger partial charge in [-0.05, 0) is 61.6 Å². The van der Waals surface area contributed by atoms with E-state index < -0.39 is 23.3 Å². The molecule has 0 bridgehead atoms. The third-order valence-corrected chi connectivity index (χ3v) is 7.44. The maximum atomic E-state index is 15.2. The van der Waals surface area contributed by atoms with Gasteiger partial charge >= 0.3 is 0 Å². The minimum absolute atomic E-state index is 0.171. The van der Waals surface area contributed by atoms with Crippen LogP contribution in [0.4, 0.5) is 17.6 Å². The molecule has 4 rings (SSSR count). The molecule has 0 spiro atoms. The molecule has 0 N–H and O–H groups in total. The summed E-state index contributed by atoms with van der Waals surface area (Å²) in [4.78, 5) is 0. The number of fused-ring (bicyclic) bond motifs is 1. The topological polar surface area (TPSA) is 9.23 Å². The van der Waals surface area contributed by atoms with E-state index in [-0.39, 0.29) is 35.0 Å². The van der Waals surface area contributed by atoms with Crippen molar-refractivity contribution in [1.29, 1.82) is 0 Å². The van der Waals surface area contributed by atoms with Crippen LogP contribution in [0.3, 0.4) is 0 Å². The molecule has 2 aromatic carbocycles. The number of allylic oxidation sites excluding steroid dienone is 2. The van der Waals surface area contributed by atoms with Crippen molar-refractivity contribution >= 4 is 5.57 Å². The van der Waals surface area contributed by atoms with E-state index in [1.165, 1.54) is 56.4 Å². The Morgan fingerprint density at radius 3 is 2.18 bits per heavy atom. The first-order valence-electron chi connectivity index (χ1n) is 12.3. The molecule has 1 fully saturated rings. The van der Waals surface area contributed by atoms with E-state index in [4.69, 9.17) is 4.74 Å². The Kier molecular flexibility index (Phi) is 7.45. The summed E-state index contributed by atoms with van der Waals surface area (Å²) in [5.41, 5.74) is 0.524. The quantitative estimate of drug-likeness (QED) is 0.269. The Balaban J connectivity index is 1.55. The van der Waals surface area contributed by atoms with E-state index >= 15 is 8.78 Å². The van der Waals surface area contributed by atoms with Gasteiger partial charge < -0.3 is 4.74 Å². The van der Waals surface area contributed by atoms with Crippen LogP contribution in [-0.4, -0.2) is 6.61 Å². The standard InChI is InChI=1S/C28H32F4O/c1-3-5-6-7-8-17-9-10-19-18(17)11-12-20(19)21-13-14-22(26(30)25(21)29)23-15-16-24(33-4-2)28(32)27(23)31/h12-19H,3-11H2,1-2H3. The molecule has 33 heavy (non-hydrogen) atoms. The highest BCUT2D eigenvalue weighted by Gasteiger charge is 2.41. The molecular weight excluding hydrogens is 428 g/mol. The fourth-order valence-corrected chi connectivity index (χ4v) is 5.80. The van der Waals surface area contributed by atoms with E-state index in [1.807, 2.05) is 0 Å². The second-order valence-corrected chi connectivity index (χ2v) is 9.31. The lowest BCUT2D eigenvalue weighted by atomic mass is 9.84. The fraction of sp³-hybridized carbons (Fsp3) is 0.500. The molecule has 3 atom stereocenters. The summed E-state index contributed by atoms with van der Waals surface area (Å²) in [5.74, 6) is -3.42. The van der Waals surface area contributed by atoms with Gasteiger partial charge in [0.25, 0.3) is 0 Å². The van der Waals surface area contributed by atoms with Crippen LogP contribution in [0, 0.1) is 41.0 Å². The highest BCUT2D eigenvalue weighted by molar-refractivity contribution is 5.74. The van der Waals surface area contributed by atoms with E-state index in [9.17, 15) is 8.78 Å². The van der Waals surface area contributed by atoms with Crippen molar-refractivity contribution in [3.8, 4) is 16.9 Å². The van der Waals surface area contributed by atoms with Gasteiger partial charge in [0.15, 0.2) is 23.2 Å². The van der Waals surface area contributed by atoms with Crippen LogP contribution in [0.1, 0.15) is 70.8 Å². The lowest BCUT2D eigenvalue weighted by Gasteiger charge is -2.21. The smallest absolute Gasteiger partial charge is 0.201 e. The first-order valence-corrected chi connectivity index (χ1v) is 12.3. The highest BCUT2D eigenvalue weighted by Crippen LogP contribution is 2.53. The summed E-state index contributed by atoms with van der Waals surface area (Å²) < 4.78 is 64.2. The summed E-state index contributed by atoms with van der Waals surface area (Å²) in [7, 11) is 0. The predicted octanol–water partition coefficient (Wildman–Crippen LogP) is 8.71. The fourth-order valence-electron chi connectivity index (χ4n) is 5.80. The third-order valence-electron chi connectivity index (χ3n) is 7.44. The molecule has 2 aliphatic carbocycles. The van der Waals surface area contributed by atoms with Crippen LogP contribution in [0.2, 0.25) is 0 Å². The molecule has 2 aromatic rings. The van der Waals surface area contributed by atoms with Crippen molar-refractivity contribution < 1.29 is 22.3 Å². The van der Waals surface area contributed by atoms with E-state index in [0.717, 1.165) is 24.8 Å². The second kappa shape index (κ2) is 10.3. The van der Waals surface area contributed by atoms with E-state index in [0.29, 0.717) is 11.8 Å². The molecule has 1 nitrogen and oxygen atoms in total. The lowest BCUT2D eigenvalue weighted by Crippen LogP contribution is -2.12. The molecule has 0 amide bonds. The van der Waals surface area contributed by atoms with Gasteiger partial charge in [-0.25, -0.2) is 13.2 Å². The Morgan fingerprint density at radius 2 is 1.45 bits per heavy atom. The predicted molar refractivity (Wildman–Crippen MR) is 124 cm³/mol. The average molecular weight is 461 g/mol. The van der Waals surface area contributed by atoms with Crippen molar-refractivity contribution in [2.75, 3.05) is 6.61 Å². The summed E-state index contributed by atoms with van der Waals surface area (Å²) >= 11 is 0. The molecular formula is C28H32F4O. The molecule has 0 heterocycles. The Hall–Kier alpha value is -2.30. The van der Waals surface area contributed by atoms with Gasteiger partial charge in [0.05, 0.1) is 6.61 Å². The largest absolute Gasteiger partial charge is 0.491 e. The van der Waals surface area contributed by atoms with E-state index in [2.05, 4.69) is 13.0 Å². The number of hydrogen-bond acceptors (Lipinski definition) is 1. The van der Waals surface area contributed by atoms with Gasteiger partial charge in [0.2, 0.25) is 5.82 Å². The first-order chi connectivity index (χ1) is 16.0. The van der Waals surface area contributed by atoms with Crippen molar-refractivity contribution in [2.45, 2.75) is 65.2 Å². The molecule has 0 radical (unpaired) electrons. The van der Waals surface area contributed by atoms with Gasteiger partial charge in [-0.3, -0.25) is 0 Å². The van der Waals surface area contributed by atoms with Crippen LogP contribution >= 0.6 is 0 Å². The van der Waals surface area contributed by atoms with Gasteiger partial charge in [0, 0.05) is 16.7 Å². The Morgan fingerprint density at radius 1 is 0.788 bits per heavy atom. The zero-order valence-electron chi connectivity index (χ0n) is 19.4.